The molecule has 0 spiro atoms. The largest absolute Gasteiger partial charge is 0.455 e. The van der Waals surface area contributed by atoms with Crippen LogP contribution in [-0.4, -0.2) is 36.7 Å². The van der Waals surface area contributed by atoms with Crippen molar-refractivity contribution < 1.29 is 19.1 Å². The minimum absolute atomic E-state index is 0.0282. The molecule has 2 atom stereocenters. The number of carbonyl (C=O) groups excluding carboxylic acids is 3. The molecule has 0 aromatic heterocycles. The van der Waals surface area contributed by atoms with Gasteiger partial charge in [0.1, 0.15) is 0 Å². The van der Waals surface area contributed by atoms with Crippen LogP contribution in [0.25, 0.3) is 0 Å². The monoisotopic (exact) mass is 477 g/mol. The van der Waals surface area contributed by atoms with Gasteiger partial charge in [-0.1, -0.05) is 43.2 Å². The van der Waals surface area contributed by atoms with E-state index >= 15 is 0 Å². The average molecular weight is 478 g/mol. The van der Waals surface area contributed by atoms with E-state index in [0.717, 1.165) is 35.4 Å². The number of amides is 2. The number of carbonyl (C=O) groups is 3. The average Bonchev–Trinajstić information content (AvgIpc) is 3.30. The molecule has 34 heavy (non-hydrogen) atoms. The number of para-hydroxylation sites is 2. The maximum absolute atomic E-state index is 13.4. The van der Waals surface area contributed by atoms with Crippen LogP contribution >= 0.6 is 11.8 Å². The number of rotatable bonds is 7. The SMILES string of the molecule is N#CCSc1ccccc1NC(=O)COC(=O)C1CCCCC1C(=O)N1CCc2ccccc21. The van der Waals surface area contributed by atoms with Crippen molar-refractivity contribution in [2.45, 2.75) is 37.0 Å². The fourth-order valence-electron chi connectivity index (χ4n) is 4.71. The summed E-state index contributed by atoms with van der Waals surface area (Å²) in [4.78, 5) is 41.3. The first-order chi connectivity index (χ1) is 16.6. The van der Waals surface area contributed by atoms with Crippen molar-refractivity contribution in [1.82, 2.24) is 0 Å². The van der Waals surface area contributed by atoms with Crippen LogP contribution in [0, 0.1) is 23.2 Å². The Morgan fingerprint density at radius 1 is 1.06 bits per heavy atom. The molecule has 1 aliphatic carbocycles. The summed E-state index contributed by atoms with van der Waals surface area (Å²) in [5.41, 5.74) is 2.65. The zero-order chi connectivity index (χ0) is 23.9. The van der Waals surface area contributed by atoms with Gasteiger partial charge < -0.3 is 15.0 Å². The molecule has 0 bridgehead atoms. The topological polar surface area (TPSA) is 99.5 Å². The van der Waals surface area contributed by atoms with E-state index in [1.165, 1.54) is 11.8 Å². The molecule has 2 amide bonds. The summed E-state index contributed by atoms with van der Waals surface area (Å²) in [7, 11) is 0. The smallest absolute Gasteiger partial charge is 0.310 e. The van der Waals surface area contributed by atoms with Gasteiger partial charge in [0.05, 0.1) is 29.3 Å². The molecule has 176 valence electrons. The first kappa shape index (κ1) is 23.8. The van der Waals surface area contributed by atoms with Crippen molar-refractivity contribution in [3.63, 3.8) is 0 Å². The molecular weight excluding hydrogens is 450 g/mol. The Morgan fingerprint density at radius 2 is 1.79 bits per heavy atom. The molecule has 1 fully saturated rings. The Kier molecular flexibility index (Phi) is 7.86. The number of nitriles is 1. The number of nitrogens with one attached hydrogen (secondary N) is 1. The lowest BCUT2D eigenvalue weighted by molar-refractivity contribution is -0.156. The third-order valence-electron chi connectivity index (χ3n) is 6.34. The summed E-state index contributed by atoms with van der Waals surface area (Å²) in [5.74, 6) is -1.68. The third kappa shape index (κ3) is 5.42. The van der Waals surface area contributed by atoms with Crippen molar-refractivity contribution in [3.8, 4) is 6.07 Å². The number of hydrogen-bond acceptors (Lipinski definition) is 6. The van der Waals surface area contributed by atoms with Crippen LogP contribution in [-0.2, 0) is 25.5 Å². The van der Waals surface area contributed by atoms with Gasteiger partial charge in [0.25, 0.3) is 5.91 Å². The van der Waals surface area contributed by atoms with E-state index in [1.54, 1.807) is 17.0 Å². The fourth-order valence-corrected chi connectivity index (χ4v) is 5.38. The zero-order valence-electron chi connectivity index (χ0n) is 18.9. The highest BCUT2D eigenvalue weighted by molar-refractivity contribution is 7.99. The van der Waals surface area contributed by atoms with Crippen molar-refractivity contribution in [2.24, 2.45) is 11.8 Å². The molecule has 1 aliphatic heterocycles. The van der Waals surface area contributed by atoms with Gasteiger partial charge in [-0.15, -0.1) is 11.8 Å². The summed E-state index contributed by atoms with van der Waals surface area (Å²) in [6, 6.07) is 17.1. The number of fused-ring (bicyclic) bond motifs is 1. The van der Waals surface area contributed by atoms with Crippen LogP contribution in [0.5, 0.6) is 0 Å². The van der Waals surface area contributed by atoms with Gasteiger partial charge >= 0.3 is 5.97 Å². The van der Waals surface area contributed by atoms with Gasteiger partial charge in [0.15, 0.2) is 6.61 Å². The van der Waals surface area contributed by atoms with Crippen molar-refractivity contribution in [1.29, 1.82) is 5.26 Å². The van der Waals surface area contributed by atoms with E-state index in [9.17, 15) is 14.4 Å². The standard InChI is InChI=1S/C26H27N3O4S/c27-14-16-34-23-12-6-4-10-21(23)28-24(30)17-33-26(32)20-9-3-2-8-19(20)25(31)29-15-13-18-7-1-5-11-22(18)29/h1,4-7,10-12,19-20H,2-3,8-9,13,15-17H2,(H,28,30). The van der Waals surface area contributed by atoms with Gasteiger partial charge in [-0.3, -0.25) is 14.4 Å². The highest BCUT2D eigenvalue weighted by Crippen LogP contribution is 2.36. The molecule has 2 unspecified atom stereocenters. The van der Waals surface area contributed by atoms with E-state index in [-0.39, 0.29) is 11.7 Å². The first-order valence-corrected chi connectivity index (χ1v) is 12.5. The Labute approximate surface area is 203 Å². The van der Waals surface area contributed by atoms with Crippen LogP contribution in [0.2, 0.25) is 0 Å². The number of ether oxygens (including phenoxy) is 1. The highest BCUT2D eigenvalue weighted by atomic mass is 32.2. The number of esters is 1. The number of nitrogens with zero attached hydrogens (tertiary/aromatic N) is 2. The summed E-state index contributed by atoms with van der Waals surface area (Å²) in [5, 5.41) is 11.6. The molecular formula is C26H27N3O4S. The minimum Gasteiger partial charge on any atom is -0.455 e. The predicted octanol–water partition coefficient (Wildman–Crippen LogP) is 4.18. The summed E-state index contributed by atoms with van der Waals surface area (Å²) in [6.07, 6.45) is 3.80. The number of benzene rings is 2. The van der Waals surface area contributed by atoms with Gasteiger partial charge in [-0.25, -0.2) is 0 Å². The third-order valence-corrected chi connectivity index (χ3v) is 7.28. The van der Waals surface area contributed by atoms with Gasteiger partial charge in [0, 0.05) is 17.1 Å². The van der Waals surface area contributed by atoms with E-state index in [1.807, 2.05) is 36.4 Å². The molecule has 7 nitrogen and oxygen atoms in total. The van der Waals surface area contributed by atoms with E-state index in [0.29, 0.717) is 25.1 Å². The molecule has 2 aromatic carbocycles. The maximum Gasteiger partial charge on any atom is 0.310 e. The van der Waals surface area contributed by atoms with Crippen LogP contribution in [0.15, 0.2) is 53.4 Å². The van der Waals surface area contributed by atoms with Crippen LogP contribution in [0.4, 0.5) is 11.4 Å². The molecule has 1 N–H and O–H groups in total. The lowest BCUT2D eigenvalue weighted by Gasteiger charge is -2.32. The molecule has 4 rings (SSSR count). The second kappa shape index (κ2) is 11.2. The first-order valence-electron chi connectivity index (χ1n) is 11.5. The maximum atomic E-state index is 13.4. The molecule has 8 heteroatoms. The van der Waals surface area contributed by atoms with Gasteiger partial charge in [-0.2, -0.15) is 5.26 Å². The van der Waals surface area contributed by atoms with E-state index in [4.69, 9.17) is 10.00 Å². The number of anilines is 2. The number of thioether (sulfide) groups is 1. The van der Waals surface area contributed by atoms with Crippen molar-refractivity contribution >= 4 is 40.9 Å². The molecule has 2 aromatic rings. The Bertz CT molecular complexity index is 1110. The van der Waals surface area contributed by atoms with Crippen LogP contribution in [0.3, 0.4) is 0 Å². The molecule has 1 heterocycles. The summed E-state index contributed by atoms with van der Waals surface area (Å²) >= 11 is 1.32. The highest BCUT2D eigenvalue weighted by Gasteiger charge is 2.40. The van der Waals surface area contributed by atoms with Gasteiger partial charge in [-0.05, 0) is 43.0 Å². The molecule has 2 aliphatic rings. The predicted molar refractivity (Wildman–Crippen MR) is 130 cm³/mol. The zero-order valence-corrected chi connectivity index (χ0v) is 19.7. The lowest BCUT2D eigenvalue weighted by Crippen LogP contribution is -2.42. The molecule has 1 saturated carbocycles. The van der Waals surface area contributed by atoms with E-state index < -0.39 is 30.3 Å². The Balaban J connectivity index is 1.36. The second-order valence-electron chi connectivity index (χ2n) is 8.46. The van der Waals surface area contributed by atoms with Gasteiger partial charge in [0.2, 0.25) is 5.91 Å². The number of hydrogen-bond donors (Lipinski definition) is 1. The fraction of sp³-hybridized carbons (Fsp3) is 0.385. The quantitative estimate of drug-likeness (QED) is 0.474. The summed E-state index contributed by atoms with van der Waals surface area (Å²) in [6.45, 7) is 0.210. The van der Waals surface area contributed by atoms with Crippen molar-refractivity contribution in [3.05, 3.63) is 54.1 Å². The Morgan fingerprint density at radius 3 is 2.62 bits per heavy atom. The summed E-state index contributed by atoms with van der Waals surface area (Å²) < 4.78 is 5.37. The van der Waals surface area contributed by atoms with E-state index in [2.05, 4.69) is 11.4 Å². The minimum atomic E-state index is -0.541. The lowest BCUT2D eigenvalue weighted by atomic mass is 9.78. The molecule has 0 saturated heterocycles. The Hall–Kier alpha value is -3.31. The van der Waals surface area contributed by atoms with Crippen LogP contribution < -0.4 is 10.2 Å². The van der Waals surface area contributed by atoms with Crippen molar-refractivity contribution in [2.75, 3.05) is 29.1 Å². The second-order valence-corrected chi connectivity index (χ2v) is 9.48. The van der Waals surface area contributed by atoms with Crippen LogP contribution in [0.1, 0.15) is 31.2 Å². The molecule has 0 radical (unpaired) electrons. The normalized spacial score (nSPS) is 19.1.